The van der Waals surface area contributed by atoms with Gasteiger partial charge in [-0.3, -0.25) is 4.79 Å². The summed E-state index contributed by atoms with van der Waals surface area (Å²) in [5, 5.41) is 3.00. The number of amides is 1. The predicted molar refractivity (Wildman–Crippen MR) is 64.5 cm³/mol. The van der Waals surface area contributed by atoms with Crippen LogP contribution in [0.2, 0.25) is 0 Å². The van der Waals surface area contributed by atoms with Gasteiger partial charge in [-0.2, -0.15) is 0 Å². The lowest BCUT2D eigenvalue weighted by Crippen LogP contribution is -2.50. The molecule has 1 unspecified atom stereocenters. The van der Waals surface area contributed by atoms with E-state index in [2.05, 4.69) is 5.32 Å². The lowest BCUT2D eigenvalue weighted by Gasteiger charge is -2.23. The van der Waals surface area contributed by atoms with Gasteiger partial charge in [-0.1, -0.05) is 13.8 Å². The molecule has 2 heterocycles. The van der Waals surface area contributed by atoms with Crippen molar-refractivity contribution >= 4 is 18.3 Å². The van der Waals surface area contributed by atoms with Crippen LogP contribution in [0.1, 0.15) is 33.1 Å². The first-order valence-electron chi connectivity index (χ1n) is 5.79. The fraction of sp³-hybridized carbons (Fsp3) is 0.909. The van der Waals surface area contributed by atoms with E-state index in [0.717, 1.165) is 19.3 Å². The Hall–Kier alpha value is -0.320. The minimum atomic E-state index is -0.399. The molecule has 0 saturated carbocycles. The molecule has 4 nitrogen and oxygen atoms in total. The summed E-state index contributed by atoms with van der Waals surface area (Å²) < 4.78 is 5.67. The van der Waals surface area contributed by atoms with Crippen molar-refractivity contribution in [3.8, 4) is 0 Å². The summed E-state index contributed by atoms with van der Waals surface area (Å²) in [5.41, 5.74) is 5.78. The van der Waals surface area contributed by atoms with Crippen molar-refractivity contribution in [3.63, 3.8) is 0 Å². The van der Waals surface area contributed by atoms with Crippen LogP contribution in [0.25, 0.3) is 0 Å². The normalized spacial score (nSPS) is 33.6. The minimum absolute atomic E-state index is 0. The van der Waals surface area contributed by atoms with Crippen LogP contribution in [0.5, 0.6) is 0 Å². The molecular formula is C11H21ClN2O2. The number of carbonyl (C=O) groups is 1. The number of hydrogen-bond acceptors (Lipinski definition) is 3. The monoisotopic (exact) mass is 248 g/mol. The number of nitrogens with one attached hydrogen (secondary N) is 1. The van der Waals surface area contributed by atoms with Crippen LogP contribution < -0.4 is 11.1 Å². The SMILES string of the molecule is CC(C)C(N)C(=O)N[C@@H]1C[C@H]2CC[C@@H]1O2.Cl. The summed E-state index contributed by atoms with van der Waals surface area (Å²) in [6.07, 6.45) is 3.79. The van der Waals surface area contributed by atoms with E-state index in [1.807, 2.05) is 13.8 Å². The lowest BCUT2D eigenvalue weighted by molar-refractivity contribution is -0.124. The first kappa shape index (κ1) is 13.7. The van der Waals surface area contributed by atoms with Gasteiger partial charge in [-0.05, 0) is 25.2 Å². The third-order valence-corrected chi connectivity index (χ3v) is 3.45. The molecule has 2 saturated heterocycles. The van der Waals surface area contributed by atoms with Crippen molar-refractivity contribution in [1.29, 1.82) is 0 Å². The van der Waals surface area contributed by atoms with Crippen LogP contribution in [0, 0.1) is 5.92 Å². The first-order valence-corrected chi connectivity index (χ1v) is 5.79. The molecule has 2 rings (SSSR count). The largest absolute Gasteiger partial charge is 0.373 e. The average Bonchev–Trinajstić information content (AvgIpc) is 2.77. The highest BCUT2D eigenvalue weighted by Crippen LogP contribution is 2.34. The second-order valence-electron chi connectivity index (χ2n) is 4.99. The molecule has 16 heavy (non-hydrogen) atoms. The molecule has 2 aliphatic heterocycles. The van der Waals surface area contributed by atoms with E-state index in [4.69, 9.17) is 10.5 Å². The van der Waals surface area contributed by atoms with E-state index in [1.165, 1.54) is 0 Å². The van der Waals surface area contributed by atoms with Crippen LogP contribution in [0.15, 0.2) is 0 Å². The first-order chi connectivity index (χ1) is 7.08. The molecule has 0 aromatic carbocycles. The molecular weight excluding hydrogens is 228 g/mol. The van der Waals surface area contributed by atoms with E-state index >= 15 is 0 Å². The van der Waals surface area contributed by atoms with Crippen LogP contribution in [0.4, 0.5) is 0 Å². The maximum Gasteiger partial charge on any atom is 0.237 e. The topological polar surface area (TPSA) is 64.4 Å². The summed E-state index contributed by atoms with van der Waals surface area (Å²) in [5.74, 6) is 0.149. The van der Waals surface area contributed by atoms with Crippen molar-refractivity contribution in [3.05, 3.63) is 0 Å². The highest BCUT2D eigenvalue weighted by atomic mass is 35.5. The molecule has 3 N–H and O–H groups in total. The van der Waals surface area contributed by atoms with Gasteiger partial charge in [0.2, 0.25) is 5.91 Å². The number of halogens is 1. The van der Waals surface area contributed by atoms with E-state index in [9.17, 15) is 4.79 Å². The molecule has 2 bridgehead atoms. The molecule has 0 aliphatic carbocycles. The van der Waals surface area contributed by atoms with Gasteiger partial charge in [0, 0.05) is 0 Å². The Morgan fingerprint density at radius 1 is 1.44 bits per heavy atom. The van der Waals surface area contributed by atoms with Gasteiger partial charge in [-0.15, -0.1) is 12.4 Å². The Kier molecular flexibility index (Phi) is 4.59. The third-order valence-electron chi connectivity index (χ3n) is 3.45. The van der Waals surface area contributed by atoms with Crippen molar-refractivity contribution in [2.45, 2.75) is 57.4 Å². The molecule has 2 aliphatic rings. The number of rotatable bonds is 3. The zero-order valence-corrected chi connectivity index (χ0v) is 10.6. The highest BCUT2D eigenvalue weighted by Gasteiger charge is 2.41. The van der Waals surface area contributed by atoms with Crippen LogP contribution >= 0.6 is 12.4 Å². The fourth-order valence-electron chi connectivity index (χ4n) is 2.37. The zero-order valence-electron chi connectivity index (χ0n) is 9.81. The average molecular weight is 249 g/mol. The Labute approximate surface area is 103 Å². The highest BCUT2D eigenvalue weighted by molar-refractivity contribution is 5.85. The van der Waals surface area contributed by atoms with E-state index in [-0.39, 0.29) is 36.4 Å². The number of carbonyl (C=O) groups excluding carboxylic acids is 1. The third kappa shape index (κ3) is 2.67. The van der Waals surface area contributed by atoms with Crippen molar-refractivity contribution in [2.24, 2.45) is 11.7 Å². The number of ether oxygens (including phenoxy) is 1. The molecule has 0 spiro atoms. The summed E-state index contributed by atoms with van der Waals surface area (Å²) in [6, 6.07) is -0.204. The van der Waals surface area contributed by atoms with Crippen molar-refractivity contribution in [2.75, 3.05) is 0 Å². The Bertz CT molecular complexity index is 260. The smallest absolute Gasteiger partial charge is 0.237 e. The van der Waals surface area contributed by atoms with Crippen molar-refractivity contribution < 1.29 is 9.53 Å². The summed E-state index contributed by atoms with van der Waals surface area (Å²) >= 11 is 0. The van der Waals surface area contributed by atoms with E-state index in [1.54, 1.807) is 0 Å². The molecule has 4 atom stereocenters. The molecule has 94 valence electrons. The molecule has 0 radical (unpaired) electrons. The summed E-state index contributed by atoms with van der Waals surface area (Å²) in [4.78, 5) is 11.7. The molecule has 2 fully saturated rings. The zero-order chi connectivity index (χ0) is 11.0. The Morgan fingerprint density at radius 2 is 2.12 bits per heavy atom. The van der Waals surface area contributed by atoms with Gasteiger partial charge in [0.05, 0.1) is 24.3 Å². The van der Waals surface area contributed by atoms with Gasteiger partial charge in [0.25, 0.3) is 0 Å². The quantitative estimate of drug-likeness (QED) is 0.778. The molecule has 0 aromatic heterocycles. The molecule has 0 aromatic rings. The molecule has 1 amide bonds. The van der Waals surface area contributed by atoms with Gasteiger partial charge in [0.15, 0.2) is 0 Å². The van der Waals surface area contributed by atoms with Crippen LogP contribution in [-0.2, 0) is 9.53 Å². The maximum absolute atomic E-state index is 11.7. The Balaban J connectivity index is 0.00000128. The number of fused-ring (bicyclic) bond motifs is 2. The van der Waals surface area contributed by atoms with Gasteiger partial charge < -0.3 is 15.8 Å². The maximum atomic E-state index is 11.7. The minimum Gasteiger partial charge on any atom is -0.373 e. The summed E-state index contributed by atoms with van der Waals surface area (Å²) in [6.45, 7) is 3.92. The molecule has 5 heteroatoms. The predicted octanol–water partition coefficient (Wildman–Crippen LogP) is 0.828. The standard InChI is InChI=1S/C11H20N2O2.ClH/c1-6(2)10(12)11(14)13-8-5-7-3-4-9(8)15-7;/h6-10H,3-5,12H2,1-2H3,(H,13,14);1H/t7-,8-,9+,10?;/m1./s1. The number of nitrogens with two attached hydrogens (primary N) is 1. The van der Waals surface area contributed by atoms with Crippen molar-refractivity contribution in [1.82, 2.24) is 5.32 Å². The van der Waals surface area contributed by atoms with E-state index < -0.39 is 6.04 Å². The number of hydrogen-bond donors (Lipinski definition) is 2. The van der Waals surface area contributed by atoms with E-state index in [0.29, 0.717) is 6.10 Å². The van der Waals surface area contributed by atoms with Gasteiger partial charge in [-0.25, -0.2) is 0 Å². The Morgan fingerprint density at radius 3 is 2.56 bits per heavy atom. The van der Waals surface area contributed by atoms with Crippen LogP contribution in [0.3, 0.4) is 0 Å². The lowest BCUT2D eigenvalue weighted by atomic mass is 9.94. The van der Waals surface area contributed by atoms with Gasteiger partial charge >= 0.3 is 0 Å². The summed E-state index contributed by atoms with van der Waals surface area (Å²) in [7, 11) is 0. The second kappa shape index (κ2) is 5.34. The van der Waals surface area contributed by atoms with Crippen LogP contribution in [-0.4, -0.2) is 30.2 Å². The second-order valence-corrected chi connectivity index (χ2v) is 4.99. The fourth-order valence-corrected chi connectivity index (χ4v) is 2.37. The van der Waals surface area contributed by atoms with Gasteiger partial charge in [0.1, 0.15) is 0 Å².